The van der Waals surface area contributed by atoms with Crippen LogP contribution in [-0.4, -0.2) is 21.2 Å². The average Bonchev–Trinajstić information content (AvgIpc) is 3.28. The molecule has 10 heteroatoms. The molecule has 0 aliphatic heterocycles. The molecule has 0 radical (unpaired) electrons. The number of nitrogen functional groups attached to an aromatic ring is 1. The standard InChI is InChI=1S/C23H19ClFN5O2S/c1-28-20-19(12-2-5-15(31)6-3-12)16(9-26)23(30-21(20)27)33-11-14-10-32-22(29-14)13-4-7-18(25)17(24)8-13/h4,7-8,10,12,15,31H,2-3,5-6,11H2,(H2,27,30). The van der Waals surface area contributed by atoms with Crippen molar-refractivity contribution in [2.24, 2.45) is 0 Å². The first kappa shape index (κ1) is 23.1. The zero-order chi connectivity index (χ0) is 23.5. The first-order valence-electron chi connectivity index (χ1n) is 10.2. The quantitative estimate of drug-likeness (QED) is 0.346. The van der Waals surface area contributed by atoms with Crippen LogP contribution in [0.4, 0.5) is 15.9 Å². The second-order valence-electron chi connectivity index (χ2n) is 7.73. The van der Waals surface area contributed by atoms with Crippen LogP contribution in [0.3, 0.4) is 0 Å². The van der Waals surface area contributed by atoms with Gasteiger partial charge in [0, 0.05) is 11.3 Å². The largest absolute Gasteiger partial charge is 0.444 e. The average molecular weight is 484 g/mol. The van der Waals surface area contributed by atoms with Gasteiger partial charge >= 0.3 is 0 Å². The van der Waals surface area contributed by atoms with Crippen LogP contribution < -0.4 is 5.73 Å². The van der Waals surface area contributed by atoms with Crippen molar-refractivity contribution in [2.75, 3.05) is 5.73 Å². The summed E-state index contributed by atoms with van der Waals surface area (Å²) in [5, 5.41) is 20.2. The van der Waals surface area contributed by atoms with Crippen LogP contribution in [0.25, 0.3) is 16.3 Å². The van der Waals surface area contributed by atoms with Gasteiger partial charge in [0.25, 0.3) is 0 Å². The van der Waals surface area contributed by atoms with Gasteiger partial charge in [-0.1, -0.05) is 23.4 Å². The van der Waals surface area contributed by atoms with Crippen LogP contribution in [0, 0.1) is 23.7 Å². The molecule has 4 rings (SSSR count). The van der Waals surface area contributed by atoms with E-state index >= 15 is 0 Å². The fourth-order valence-electron chi connectivity index (χ4n) is 3.96. The Hall–Kier alpha value is -3.11. The van der Waals surface area contributed by atoms with Crippen molar-refractivity contribution in [3.8, 4) is 17.5 Å². The molecular formula is C23H19ClFN5O2S. The summed E-state index contributed by atoms with van der Waals surface area (Å²) >= 11 is 7.11. The third-order valence-corrected chi connectivity index (χ3v) is 6.91. The predicted octanol–water partition coefficient (Wildman–Crippen LogP) is 5.84. The van der Waals surface area contributed by atoms with E-state index in [0.717, 1.165) is 0 Å². The molecule has 2 heterocycles. The van der Waals surface area contributed by atoms with Gasteiger partial charge in [-0.2, -0.15) is 5.26 Å². The molecule has 7 nitrogen and oxygen atoms in total. The number of pyridine rings is 1. The van der Waals surface area contributed by atoms with Gasteiger partial charge in [0.2, 0.25) is 11.6 Å². The number of nitrogens with two attached hydrogens (primary N) is 1. The number of halogens is 2. The highest BCUT2D eigenvalue weighted by molar-refractivity contribution is 7.98. The van der Waals surface area contributed by atoms with E-state index in [4.69, 9.17) is 28.3 Å². The Kier molecular flexibility index (Phi) is 6.85. The molecule has 1 aromatic carbocycles. The number of oxazole rings is 1. The van der Waals surface area contributed by atoms with E-state index in [1.54, 1.807) is 0 Å². The Labute approximate surface area is 199 Å². The van der Waals surface area contributed by atoms with Crippen LogP contribution >= 0.6 is 23.4 Å². The van der Waals surface area contributed by atoms with E-state index in [2.05, 4.69) is 20.9 Å². The number of aromatic nitrogens is 2. The summed E-state index contributed by atoms with van der Waals surface area (Å²) in [7, 11) is 0. The van der Waals surface area contributed by atoms with E-state index in [0.29, 0.717) is 64.7 Å². The molecule has 0 atom stereocenters. The maximum absolute atomic E-state index is 13.4. The highest BCUT2D eigenvalue weighted by atomic mass is 35.5. The molecule has 0 spiro atoms. The van der Waals surface area contributed by atoms with Crippen LogP contribution in [0.15, 0.2) is 33.9 Å². The Morgan fingerprint density at radius 2 is 2.09 bits per heavy atom. The lowest BCUT2D eigenvalue weighted by Crippen LogP contribution is -2.18. The van der Waals surface area contributed by atoms with Gasteiger partial charge in [0.1, 0.15) is 29.0 Å². The highest BCUT2D eigenvalue weighted by Gasteiger charge is 2.29. The van der Waals surface area contributed by atoms with Crippen molar-refractivity contribution < 1.29 is 13.9 Å². The zero-order valence-corrected chi connectivity index (χ0v) is 19.0. The summed E-state index contributed by atoms with van der Waals surface area (Å²) in [6.07, 6.45) is 3.72. The first-order chi connectivity index (χ1) is 15.9. The lowest BCUT2D eigenvalue weighted by Gasteiger charge is -2.28. The maximum atomic E-state index is 13.4. The van der Waals surface area contributed by atoms with Crippen LogP contribution in [-0.2, 0) is 5.75 Å². The maximum Gasteiger partial charge on any atom is 0.232 e. The van der Waals surface area contributed by atoms with Crippen LogP contribution in [0.1, 0.15) is 48.4 Å². The molecule has 0 unspecified atom stereocenters. The molecule has 0 amide bonds. The minimum absolute atomic E-state index is 0.0254. The fourth-order valence-corrected chi connectivity index (χ4v) is 5.02. The van der Waals surface area contributed by atoms with Crippen molar-refractivity contribution >= 4 is 34.9 Å². The number of anilines is 1. The van der Waals surface area contributed by atoms with Crippen molar-refractivity contribution in [3.63, 3.8) is 0 Å². The summed E-state index contributed by atoms with van der Waals surface area (Å²) in [5.41, 5.74) is 8.41. The summed E-state index contributed by atoms with van der Waals surface area (Å²) in [6, 6.07) is 6.42. The third-order valence-electron chi connectivity index (χ3n) is 5.61. The molecule has 1 aliphatic rings. The molecule has 33 heavy (non-hydrogen) atoms. The molecule has 1 aliphatic carbocycles. The van der Waals surface area contributed by atoms with Crippen LogP contribution in [0.2, 0.25) is 5.02 Å². The number of aliphatic hydroxyl groups is 1. The molecule has 3 aromatic rings. The minimum Gasteiger partial charge on any atom is -0.444 e. The summed E-state index contributed by atoms with van der Waals surface area (Å²) in [5.74, 6) is 0.180. The Morgan fingerprint density at radius 3 is 2.76 bits per heavy atom. The fraction of sp³-hybridized carbons (Fsp3) is 0.304. The zero-order valence-electron chi connectivity index (χ0n) is 17.4. The topological polar surface area (TPSA) is 113 Å². The van der Waals surface area contributed by atoms with Gasteiger partial charge in [0.15, 0.2) is 0 Å². The Bertz CT molecular complexity index is 1280. The van der Waals surface area contributed by atoms with Gasteiger partial charge in [-0.25, -0.2) is 19.2 Å². The number of aliphatic hydroxyl groups excluding tert-OH is 1. The summed E-state index contributed by atoms with van der Waals surface area (Å²) in [6.45, 7) is 7.56. The minimum atomic E-state index is -0.526. The highest BCUT2D eigenvalue weighted by Crippen LogP contribution is 2.44. The van der Waals surface area contributed by atoms with Crippen molar-refractivity contribution in [1.82, 2.24) is 9.97 Å². The van der Waals surface area contributed by atoms with E-state index in [1.165, 1.54) is 36.2 Å². The van der Waals surface area contributed by atoms with E-state index in [1.807, 2.05) is 0 Å². The number of nitriles is 1. The lowest BCUT2D eigenvalue weighted by atomic mass is 9.81. The van der Waals surface area contributed by atoms with Crippen molar-refractivity contribution in [1.29, 1.82) is 5.26 Å². The monoisotopic (exact) mass is 483 g/mol. The number of rotatable bonds is 5. The van der Waals surface area contributed by atoms with Crippen LogP contribution in [0.5, 0.6) is 0 Å². The van der Waals surface area contributed by atoms with E-state index < -0.39 is 5.82 Å². The second kappa shape index (κ2) is 9.80. The number of benzene rings is 1. The van der Waals surface area contributed by atoms with Gasteiger partial charge < -0.3 is 15.3 Å². The SMILES string of the molecule is [C-]#[N+]c1c(N)nc(SCc2coc(-c3ccc(F)c(Cl)c3)n2)c(C#N)c1C1CCC(O)CC1. The van der Waals surface area contributed by atoms with Crippen molar-refractivity contribution in [3.05, 3.63) is 63.5 Å². The molecule has 2 aromatic heterocycles. The number of thioether (sulfide) groups is 1. The second-order valence-corrected chi connectivity index (χ2v) is 9.10. The van der Waals surface area contributed by atoms with E-state index in [9.17, 15) is 14.8 Å². The molecule has 0 bridgehead atoms. The summed E-state index contributed by atoms with van der Waals surface area (Å²) < 4.78 is 18.9. The normalized spacial score (nSPS) is 18.0. The molecule has 0 saturated heterocycles. The number of nitrogens with zero attached hydrogens (tertiary/aromatic N) is 4. The number of hydrogen-bond acceptors (Lipinski definition) is 7. The van der Waals surface area contributed by atoms with Gasteiger partial charge in [0.05, 0.1) is 29.0 Å². The van der Waals surface area contributed by atoms with Gasteiger partial charge in [-0.05, 0) is 55.4 Å². The first-order valence-corrected chi connectivity index (χ1v) is 11.6. The lowest BCUT2D eigenvalue weighted by molar-refractivity contribution is 0.122. The molecule has 1 fully saturated rings. The van der Waals surface area contributed by atoms with Gasteiger partial charge in [-0.15, -0.1) is 0 Å². The summed E-state index contributed by atoms with van der Waals surface area (Å²) in [4.78, 5) is 12.3. The molecule has 1 saturated carbocycles. The third kappa shape index (κ3) is 4.81. The van der Waals surface area contributed by atoms with E-state index in [-0.39, 0.29) is 28.5 Å². The molecular weight excluding hydrogens is 465 g/mol. The van der Waals surface area contributed by atoms with Gasteiger partial charge in [-0.3, -0.25) is 0 Å². The Balaban J connectivity index is 1.60. The molecule has 3 N–H and O–H groups in total. The Morgan fingerprint density at radius 1 is 1.33 bits per heavy atom. The molecule has 168 valence electrons. The smallest absolute Gasteiger partial charge is 0.232 e. The van der Waals surface area contributed by atoms with Crippen molar-refractivity contribution in [2.45, 2.75) is 48.5 Å². The number of hydrogen-bond donors (Lipinski definition) is 2. The predicted molar refractivity (Wildman–Crippen MR) is 123 cm³/mol.